The van der Waals surface area contributed by atoms with Gasteiger partial charge in [-0.05, 0) is 43.2 Å². The van der Waals surface area contributed by atoms with Crippen LogP contribution in [0.3, 0.4) is 0 Å². The standard InChI is InChI=1S/C19H19Br2NO2/c20-7-1-9-23-16-5-3-14-11-15-4-6-17(24-10-2-8-21)13-19(15)22-18(14)12-16/h3-6,11-13H,1-2,7-10H2. The Bertz CT molecular complexity index is 758. The summed E-state index contributed by atoms with van der Waals surface area (Å²) in [5, 5.41) is 4.12. The maximum absolute atomic E-state index is 5.76. The van der Waals surface area contributed by atoms with E-state index in [0.29, 0.717) is 13.2 Å². The van der Waals surface area contributed by atoms with Crippen molar-refractivity contribution in [1.29, 1.82) is 0 Å². The smallest absolute Gasteiger partial charge is 0.121 e. The van der Waals surface area contributed by atoms with Crippen LogP contribution in [-0.2, 0) is 0 Å². The van der Waals surface area contributed by atoms with Crippen LogP contribution >= 0.6 is 31.9 Å². The Labute approximate surface area is 158 Å². The molecule has 5 heteroatoms. The fourth-order valence-electron chi connectivity index (χ4n) is 2.45. The van der Waals surface area contributed by atoms with Crippen LogP contribution in [-0.4, -0.2) is 28.9 Å². The third-order valence-corrected chi connectivity index (χ3v) is 4.77. The zero-order valence-electron chi connectivity index (χ0n) is 13.3. The van der Waals surface area contributed by atoms with Crippen molar-refractivity contribution in [2.24, 2.45) is 0 Å². The van der Waals surface area contributed by atoms with Gasteiger partial charge in [0.2, 0.25) is 0 Å². The number of benzene rings is 2. The van der Waals surface area contributed by atoms with Gasteiger partial charge in [-0.3, -0.25) is 0 Å². The predicted molar refractivity (Wildman–Crippen MR) is 107 cm³/mol. The van der Waals surface area contributed by atoms with Crippen molar-refractivity contribution in [1.82, 2.24) is 4.98 Å². The van der Waals surface area contributed by atoms with Gasteiger partial charge in [-0.2, -0.15) is 0 Å². The number of nitrogens with zero attached hydrogens (tertiary/aromatic N) is 1. The Balaban J connectivity index is 1.87. The minimum absolute atomic E-state index is 0.704. The molecule has 3 nitrogen and oxygen atoms in total. The third-order valence-electron chi connectivity index (χ3n) is 3.65. The van der Waals surface area contributed by atoms with Gasteiger partial charge >= 0.3 is 0 Å². The normalized spacial score (nSPS) is 11.1. The van der Waals surface area contributed by atoms with E-state index < -0.39 is 0 Å². The van der Waals surface area contributed by atoms with Gasteiger partial charge in [-0.25, -0.2) is 4.98 Å². The molecule has 0 N–H and O–H groups in total. The van der Waals surface area contributed by atoms with E-state index in [1.165, 1.54) is 0 Å². The average molecular weight is 453 g/mol. The quantitative estimate of drug-likeness (QED) is 0.249. The molecule has 3 rings (SSSR count). The van der Waals surface area contributed by atoms with E-state index in [2.05, 4.69) is 50.1 Å². The van der Waals surface area contributed by atoms with Crippen molar-refractivity contribution < 1.29 is 9.47 Å². The van der Waals surface area contributed by atoms with E-state index in [9.17, 15) is 0 Å². The maximum Gasteiger partial charge on any atom is 0.121 e. The number of aromatic nitrogens is 1. The Morgan fingerprint density at radius 3 is 1.67 bits per heavy atom. The lowest BCUT2D eigenvalue weighted by atomic mass is 10.1. The molecule has 0 aliphatic rings. The Hall–Kier alpha value is -1.33. The molecule has 0 aliphatic heterocycles. The van der Waals surface area contributed by atoms with E-state index in [0.717, 1.165) is 56.8 Å². The van der Waals surface area contributed by atoms with Crippen molar-refractivity contribution in [2.75, 3.05) is 23.9 Å². The summed E-state index contributed by atoms with van der Waals surface area (Å²) >= 11 is 6.82. The minimum atomic E-state index is 0.704. The van der Waals surface area contributed by atoms with Crippen LogP contribution in [0.25, 0.3) is 21.8 Å². The van der Waals surface area contributed by atoms with Crippen molar-refractivity contribution in [2.45, 2.75) is 12.8 Å². The van der Waals surface area contributed by atoms with Crippen molar-refractivity contribution in [3.8, 4) is 11.5 Å². The number of alkyl halides is 2. The van der Waals surface area contributed by atoms with Crippen LogP contribution in [0.4, 0.5) is 0 Å². The first-order chi connectivity index (χ1) is 11.8. The summed E-state index contributed by atoms with van der Waals surface area (Å²) in [5.41, 5.74) is 1.88. The van der Waals surface area contributed by atoms with Crippen LogP contribution < -0.4 is 9.47 Å². The topological polar surface area (TPSA) is 31.4 Å². The molecule has 0 radical (unpaired) electrons. The molecule has 0 atom stereocenters. The van der Waals surface area contributed by atoms with E-state index in [1.807, 2.05) is 24.3 Å². The Morgan fingerprint density at radius 2 is 1.21 bits per heavy atom. The molecule has 0 spiro atoms. The fourth-order valence-corrected chi connectivity index (χ4v) is 2.91. The van der Waals surface area contributed by atoms with E-state index >= 15 is 0 Å². The highest BCUT2D eigenvalue weighted by Crippen LogP contribution is 2.26. The fraction of sp³-hybridized carbons (Fsp3) is 0.316. The summed E-state index contributed by atoms with van der Waals surface area (Å²) in [6.45, 7) is 1.41. The second kappa shape index (κ2) is 8.67. The molecule has 0 saturated carbocycles. The molecule has 0 saturated heterocycles. The highest BCUT2D eigenvalue weighted by atomic mass is 79.9. The van der Waals surface area contributed by atoms with Crippen molar-refractivity contribution in [3.05, 3.63) is 42.5 Å². The van der Waals surface area contributed by atoms with Gasteiger partial charge in [-0.15, -0.1) is 0 Å². The molecule has 24 heavy (non-hydrogen) atoms. The van der Waals surface area contributed by atoms with Gasteiger partial charge in [0, 0.05) is 33.6 Å². The van der Waals surface area contributed by atoms with Crippen LogP contribution in [0.5, 0.6) is 11.5 Å². The van der Waals surface area contributed by atoms with Crippen LogP contribution in [0, 0.1) is 0 Å². The van der Waals surface area contributed by atoms with Crippen molar-refractivity contribution >= 4 is 53.7 Å². The second-order valence-electron chi connectivity index (χ2n) is 5.48. The molecule has 0 unspecified atom stereocenters. The number of ether oxygens (including phenoxy) is 2. The molecule has 126 valence electrons. The lowest BCUT2D eigenvalue weighted by Crippen LogP contribution is -1.98. The van der Waals surface area contributed by atoms with E-state index in [1.54, 1.807) is 0 Å². The molecular formula is C19H19Br2NO2. The van der Waals surface area contributed by atoms with Gasteiger partial charge in [0.1, 0.15) is 11.5 Å². The summed E-state index contributed by atoms with van der Waals surface area (Å²) in [4.78, 5) is 4.78. The molecule has 1 heterocycles. The lowest BCUT2D eigenvalue weighted by molar-refractivity contribution is 0.319. The van der Waals surface area contributed by atoms with Gasteiger partial charge in [0.05, 0.1) is 24.2 Å². The number of halogens is 2. The first kappa shape index (κ1) is 17.5. The summed E-state index contributed by atoms with van der Waals surface area (Å²) in [5.74, 6) is 1.72. The predicted octanol–water partition coefficient (Wildman–Crippen LogP) is 5.72. The average Bonchev–Trinajstić information content (AvgIpc) is 2.60. The van der Waals surface area contributed by atoms with Gasteiger partial charge in [0.25, 0.3) is 0 Å². The number of hydrogen-bond donors (Lipinski definition) is 0. The van der Waals surface area contributed by atoms with Crippen molar-refractivity contribution in [3.63, 3.8) is 0 Å². The summed E-state index contributed by atoms with van der Waals surface area (Å²) < 4.78 is 11.5. The van der Waals surface area contributed by atoms with E-state index in [4.69, 9.17) is 14.5 Å². The third kappa shape index (κ3) is 4.39. The largest absolute Gasteiger partial charge is 0.493 e. The van der Waals surface area contributed by atoms with Crippen LogP contribution in [0.1, 0.15) is 12.8 Å². The highest BCUT2D eigenvalue weighted by molar-refractivity contribution is 9.09. The lowest BCUT2D eigenvalue weighted by Gasteiger charge is -2.09. The van der Waals surface area contributed by atoms with Crippen LogP contribution in [0.15, 0.2) is 42.5 Å². The molecule has 2 aromatic carbocycles. The summed E-state index contributed by atoms with van der Waals surface area (Å²) in [7, 11) is 0. The van der Waals surface area contributed by atoms with Gasteiger partial charge < -0.3 is 9.47 Å². The summed E-state index contributed by atoms with van der Waals surface area (Å²) in [6, 6.07) is 14.3. The monoisotopic (exact) mass is 451 g/mol. The Morgan fingerprint density at radius 1 is 0.708 bits per heavy atom. The van der Waals surface area contributed by atoms with Gasteiger partial charge in [0.15, 0.2) is 0 Å². The molecular weight excluding hydrogens is 434 g/mol. The number of hydrogen-bond acceptors (Lipinski definition) is 3. The molecule has 0 amide bonds. The number of fused-ring (bicyclic) bond motifs is 2. The van der Waals surface area contributed by atoms with Crippen LogP contribution in [0.2, 0.25) is 0 Å². The Kier molecular flexibility index (Phi) is 6.32. The number of rotatable bonds is 8. The molecule has 3 aromatic rings. The van der Waals surface area contributed by atoms with E-state index in [-0.39, 0.29) is 0 Å². The zero-order chi connectivity index (χ0) is 16.8. The molecule has 0 fully saturated rings. The molecule has 0 aliphatic carbocycles. The second-order valence-corrected chi connectivity index (χ2v) is 7.07. The summed E-state index contributed by atoms with van der Waals surface area (Å²) in [6.07, 6.45) is 1.97. The number of pyridine rings is 1. The SMILES string of the molecule is BrCCCOc1ccc2cc3ccc(OCCCBr)cc3nc2c1. The molecule has 1 aromatic heterocycles. The highest BCUT2D eigenvalue weighted by Gasteiger charge is 2.04. The minimum Gasteiger partial charge on any atom is -0.493 e. The zero-order valence-corrected chi connectivity index (χ0v) is 16.5. The van der Waals surface area contributed by atoms with Gasteiger partial charge in [-0.1, -0.05) is 31.9 Å². The first-order valence-corrected chi connectivity index (χ1v) is 10.3. The molecule has 0 bridgehead atoms. The maximum atomic E-state index is 5.76. The first-order valence-electron chi connectivity index (χ1n) is 8.02.